The van der Waals surface area contributed by atoms with Crippen LogP contribution in [0.1, 0.15) is 32.4 Å². The van der Waals surface area contributed by atoms with Crippen molar-refractivity contribution in [3.63, 3.8) is 0 Å². The SMILES string of the molecule is CC(C)(C)c1cc2c(cnn2C2COC2)cc1F. The molecule has 0 spiro atoms. The van der Waals surface area contributed by atoms with Gasteiger partial charge in [-0.15, -0.1) is 0 Å². The predicted octanol–water partition coefficient (Wildman–Crippen LogP) is 3.04. The minimum Gasteiger partial charge on any atom is -0.377 e. The van der Waals surface area contributed by atoms with E-state index in [2.05, 4.69) is 5.10 Å². The molecule has 2 aromatic rings. The molecular weight excluding hydrogens is 231 g/mol. The van der Waals surface area contributed by atoms with Gasteiger partial charge in [-0.3, -0.25) is 4.68 Å². The van der Waals surface area contributed by atoms with Gasteiger partial charge in [-0.1, -0.05) is 20.8 Å². The minimum atomic E-state index is -0.205. The van der Waals surface area contributed by atoms with E-state index < -0.39 is 0 Å². The van der Waals surface area contributed by atoms with Crippen molar-refractivity contribution in [1.82, 2.24) is 9.78 Å². The lowest BCUT2D eigenvalue weighted by Gasteiger charge is -2.27. The zero-order chi connectivity index (χ0) is 12.9. The maximum Gasteiger partial charge on any atom is 0.127 e. The van der Waals surface area contributed by atoms with E-state index in [9.17, 15) is 4.39 Å². The van der Waals surface area contributed by atoms with Crippen molar-refractivity contribution < 1.29 is 9.13 Å². The highest BCUT2D eigenvalue weighted by Crippen LogP contribution is 2.31. The summed E-state index contributed by atoms with van der Waals surface area (Å²) in [6.07, 6.45) is 1.73. The summed E-state index contributed by atoms with van der Waals surface area (Å²) in [4.78, 5) is 0. The number of fused-ring (bicyclic) bond motifs is 1. The minimum absolute atomic E-state index is 0.153. The van der Waals surface area contributed by atoms with Crippen LogP contribution in [0.3, 0.4) is 0 Å². The average molecular weight is 248 g/mol. The second kappa shape index (κ2) is 3.79. The Balaban J connectivity index is 2.18. The molecule has 3 nitrogen and oxygen atoms in total. The zero-order valence-electron chi connectivity index (χ0n) is 10.9. The molecule has 2 heterocycles. The third-order valence-electron chi connectivity index (χ3n) is 3.46. The first-order valence-electron chi connectivity index (χ1n) is 6.22. The Labute approximate surface area is 106 Å². The Hall–Kier alpha value is -1.42. The maximum absolute atomic E-state index is 14.1. The molecule has 0 saturated carbocycles. The van der Waals surface area contributed by atoms with Gasteiger partial charge in [-0.05, 0) is 23.1 Å². The molecule has 1 aromatic heterocycles. The van der Waals surface area contributed by atoms with Gasteiger partial charge in [0.05, 0.1) is 31.0 Å². The second-order valence-corrected chi connectivity index (χ2v) is 5.92. The van der Waals surface area contributed by atoms with Gasteiger partial charge in [0.1, 0.15) is 5.82 Å². The molecule has 0 amide bonds. The van der Waals surface area contributed by atoms with E-state index >= 15 is 0 Å². The fourth-order valence-electron chi connectivity index (χ4n) is 2.30. The fraction of sp³-hybridized carbons (Fsp3) is 0.500. The molecule has 1 aliphatic rings. The lowest BCUT2D eigenvalue weighted by molar-refractivity contribution is -0.0266. The number of benzene rings is 1. The standard InChI is InChI=1S/C14H17FN2O/c1-14(2,3)11-5-13-9(4-12(11)15)6-16-17(13)10-7-18-8-10/h4-6,10H,7-8H2,1-3H3. The van der Waals surface area contributed by atoms with Gasteiger partial charge in [0.2, 0.25) is 0 Å². The average Bonchev–Trinajstić information content (AvgIpc) is 2.56. The van der Waals surface area contributed by atoms with Crippen LogP contribution in [0.4, 0.5) is 4.39 Å². The van der Waals surface area contributed by atoms with Crippen molar-refractivity contribution in [3.05, 3.63) is 29.7 Å². The van der Waals surface area contributed by atoms with Crippen LogP contribution in [0.15, 0.2) is 18.3 Å². The first-order chi connectivity index (χ1) is 8.47. The second-order valence-electron chi connectivity index (χ2n) is 5.92. The van der Waals surface area contributed by atoms with E-state index in [1.165, 1.54) is 0 Å². The molecule has 1 saturated heterocycles. The molecule has 0 atom stereocenters. The Kier molecular flexibility index (Phi) is 2.45. The summed E-state index contributed by atoms with van der Waals surface area (Å²) < 4.78 is 21.2. The molecule has 3 rings (SSSR count). The van der Waals surface area contributed by atoms with Crippen molar-refractivity contribution in [2.24, 2.45) is 0 Å². The van der Waals surface area contributed by atoms with Gasteiger partial charge in [0.15, 0.2) is 0 Å². The molecule has 96 valence electrons. The smallest absolute Gasteiger partial charge is 0.127 e. The van der Waals surface area contributed by atoms with Crippen molar-refractivity contribution in [3.8, 4) is 0 Å². The highest BCUT2D eigenvalue weighted by molar-refractivity contribution is 5.80. The van der Waals surface area contributed by atoms with Crippen LogP contribution in [0, 0.1) is 5.82 Å². The van der Waals surface area contributed by atoms with Gasteiger partial charge in [-0.25, -0.2) is 4.39 Å². The molecule has 1 fully saturated rings. The Morgan fingerprint density at radius 1 is 1.33 bits per heavy atom. The number of nitrogens with zero attached hydrogens (tertiary/aromatic N) is 2. The van der Waals surface area contributed by atoms with Gasteiger partial charge in [0, 0.05) is 5.39 Å². The predicted molar refractivity (Wildman–Crippen MR) is 68.2 cm³/mol. The molecule has 0 unspecified atom stereocenters. The number of ether oxygens (including phenoxy) is 1. The van der Waals surface area contributed by atoms with Crippen LogP contribution in [0.2, 0.25) is 0 Å². The highest BCUT2D eigenvalue weighted by atomic mass is 19.1. The van der Waals surface area contributed by atoms with E-state index in [4.69, 9.17) is 4.74 Å². The highest BCUT2D eigenvalue weighted by Gasteiger charge is 2.25. The van der Waals surface area contributed by atoms with Crippen LogP contribution in [-0.4, -0.2) is 23.0 Å². The van der Waals surface area contributed by atoms with E-state index in [-0.39, 0.29) is 11.2 Å². The van der Waals surface area contributed by atoms with Crippen LogP contribution in [-0.2, 0) is 10.2 Å². The third-order valence-corrected chi connectivity index (χ3v) is 3.46. The summed E-state index contributed by atoms with van der Waals surface area (Å²) in [5.41, 5.74) is 1.52. The summed E-state index contributed by atoms with van der Waals surface area (Å²) in [6, 6.07) is 3.80. The summed E-state index contributed by atoms with van der Waals surface area (Å²) in [5.74, 6) is -0.153. The number of rotatable bonds is 1. The van der Waals surface area contributed by atoms with Crippen molar-refractivity contribution in [2.45, 2.75) is 32.2 Å². The first-order valence-corrected chi connectivity index (χ1v) is 6.22. The molecule has 1 aromatic carbocycles. The Morgan fingerprint density at radius 2 is 2.06 bits per heavy atom. The van der Waals surface area contributed by atoms with Crippen LogP contribution < -0.4 is 0 Å². The van der Waals surface area contributed by atoms with Crippen LogP contribution >= 0.6 is 0 Å². The molecule has 18 heavy (non-hydrogen) atoms. The molecule has 4 heteroatoms. The first kappa shape index (κ1) is 11.7. The number of halogens is 1. The molecule has 0 radical (unpaired) electrons. The van der Waals surface area contributed by atoms with Crippen molar-refractivity contribution >= 4 is 10.9 Å². The zero-order valence-corrected chi connectivity index (χ0v) is 10.9. The molecule has 1 aliphatic heterocycles. The van der Waals surface area contributed by atoms with Crippen LogP contribution in [0.5, 0.6) is 0 Å². The summed E-state index contributed by atoms with van der Waals surface area (Å²) in [6.45, 7) is 7.44. The summed E-state index contributed by atoms with van der Waals surface area (Å²) in [7, 11) is 0. The molecule has 0 aliphatic carbocycles. The number of aromatic nitrogens is 2. The molecular formula is C14H17FN2O. The van der Waals surface area contributed by atoms with Gasteiger partial charge in [-0.2, -0.15) is 5.10 Å². The lowest BCUT2D eigenvalue weighted by Crippen LogP contribution is -2.31. The normalized spacial score (nSPS) is 17.1. The van der Waals surface area contributed by atoms with E-state index in [1.807, 2.05) is 31.5 Å². The molecule has 0 bridgehead atoms. The summed E-state index contributed by atoms with van der Waals surface area (Å²) >= 11 is 0. The summed E-state index contributed by atoms with van der Waals surface area (Å²) in [5, 5.41) is 5.21. The van der Waals surface area contributed by atoms with Gasteiger partial charge in [0.25, 0.3) is 0 Å². The van der Waals surface area contributed by atoms with Gasteiger partial charge < -0.3 is 4.74 Å². The largest absolute Gasteiger partial charge is 0.377 e. The number of hydrogen-bond acceptors (Lipinski definition) is 2. The van der Waals surface area contributed by atoms with Crippen molar-refractivity contribution in [2.75, 3.05) is 13.2 Å². The van der Waals surface area contributed by atoms with Gasteiger partial charge >= 0.3 is 0 Å². The third kappa shape index (κ3) is 1.72. The lowest BCUT2D eigenvalue weighted by atomic mass is 9.86. The van der Waals surface area contributed by atoms with E-state index in [0.717, 1.165) is 16.5 Å². The quantitative estimate of drug-likeness (QED) is 0.775. The van der Waals surface area contributed by atoms with E-state index in [0.29, 0.717) is 19.3 Å². The number of hydrogen-bond donors (Lipinski definition) is 0. The van der Waals surface area contributed by atoms with Crippen LogP contribution in [0.25, 0.3) is 10.9 Å². The van der Waals surface area contributed by atoms with Crippen molar-refractivity contribution in [1.29, 1.82) is 0 Å². The monoisotopic (exact) mass is 248 g/mol. The maximum atomic E-state index is 14.1. The molecule has 0 N–H and O–H groups in total. The van der Waals surface area contributed by atoms with E-state index in [1.54, 1.807) is 12.3 Å². The Bertz CT molecular complexity index is 594. The Morgan fingerprint density at radius 3 is 2.61 bits per heavy atom. The topological polar surface area (TPSA) is 27.1 Å². The fourth-order valence-corrected chi connectivity index (χ4v) is 2.30.